The van der Waals surface area contributed by atoms with Crippen LogP contribution in [0.15, 0.2) is 12.1 Å². The summed E-state index contributed by atoms with van der Waals surface area (Å²) in [4.78, 5) is 0. The van der Waals surface area contributed by atoms with E-state index in [4.69, 9.17) is 18.9 Å². The first kappa shape index (κ1) is 20.0. The standard InChI is InChI=1S/C22H28O6/c1-11-7-13-9-15(23)20(26-4)19(24)17(13)18-14(8-12(11)2)10-16(25-3)21(27-5)22(18)28-6/h9-12,23-24H,7-8H2,1-6H3/t11-,12+/m1/s1. The number of aromatic hydroxyl groups is 2. The summed E-state index contributed by atoms with van der Waals surface area (Å²) < 4.78 is 22.1. The number of fused-ring (bicyclic) bond motifs is 3. The van der Waals surface area contributed by atoms with Crippen molar-refractivity contribution >= 4 is 0 Å². The summed E-state index contributed by atoms with van der Waals surface area (Å²) in [5.74, 6) is 2.10. The Balaban J connectivity index is 2.47. The number of hydrogen-bond acceptors (Lipinski definition) is 6. The van der Waals surface area contributed by atoms with E-state index in [1.54, 1.807) is 27.4 Å². The molecule has 6 nitrogen and oxygen atoms in total. The molecule has 0 aliphatic heterocycles. The first-order valence-corrected chi connectivity index (χ1v) is 9.31. The monoisotopic (exact) mass is 388 g/mol. The minimum atomic E-state index is -0.106. The van der Waals surface area contributed by atoms with Crippen LogP contribution in [0.5, 0.6) is 34.5 Å². The van der Waals surface area contributed by atoms with E-state index < -0.39 is 0 Å². The number of phenols is 2. The number of rotatable bonds is 4. The summed E-state index contributed by atoms with van der Waals surface area (Å²) in [5.41, 5.74) is 3.16. The number of ether oxygens (including phenoxy) is 4. The minimum absolute atomic E-state index is 0.0443. The van der Waals surface area contributed by atoms with Gasteiger partial charge in [-0.05, 0) is 47.9 Å². The molecule has 2 aromatic carbocycles. The molecule has 0 bridgehead atoms. The molecule has 0 radical (unpaired) electrons. The molecule has 0 saturated heterocycles. The third kappa shape index (κ3) is 3.07. The van der Waals surface area contributed by atoms with Crippen molar-refractivity contribution in [1.29, 1.82) is 0 Å². The fraction of sp³-hybridized carbons (Fsp3) is 0.455. The number of methoxy groups -OCH3 is 4. The molecule has 1 aliphatic carbocycles. The summed E-state index contributed by atoms with van der Waals surface area (Å²) in [6.45, 7) is 4.38. The van der Waals surface area contributed by atoms with E-state index in [2.05, 4.69) is 13.8 Å². The molecule has 6 heteroatoms. The Labute approximate surface area is 165 Å². The molecule has 2 aromatic rings. The summed E-state index contributed by atoms with van der Waals surface area (Å²) in [5, 5.41) is 21.4. The maximum absolute atomic E-state index is 11.0. The third-order valence-corrected chi connectivity index (χ3v) is 5.74. The second-order valence-electron chi connectivity index (χ2n) is 7.35. The van der Waals surface area contributed by atoms with Crippen LogP contribution in [-0.2, 0) is 12.8 Å². The molecule has 3 rings (SSSR count). The van der Waals surface area contributed by atoms with E-state index in [-0.39, 0.29) is 17.2 Å². The second kappa shape index (κ2) is 7.70. The quantitative estimate of drug-likeness (QED) is 0.819. The van der Waals surface area contributed by atoms with Gasteiger partial charge in [-0.3, -0.25) is 0 Å². The lowest BCUT2D eigenvalue weighted by molar-refractivity contribution is 0.321. The molecule has 0 spiro atoms. The van der Waals surface area contributed by atoms with Crippen LogP contribution in [0.2, 0.25) is 0 Å². The smallest absolute Gasteiger partial charge is 0.203 e. The summed E-state index contributed by atoms with van der Waals surface area (Å²) in [7, 11) is 6.13. The second-order valence-corrected chi connectivity index (χ2v) is 7.35. The molecule has 28 heavy (non-hydrogen) atoms. The highest BCUT2D eigenvalue weighted by Crippen LogP contribution is 2.55. The molecule has 0 heterocycles. The van der Waals surface area contributed by atoms with Gasteiger partial charge in [-0.15, -0.1) is 0 Å². The molecule has 0 amide bonds. The highest BCUT2D eigenvalue weighted by Gasteiger charge is 2.32. The average Bonchev–Trinajstić information content (AvgIpc) is 2.66. The molecule has 0 fully saturated rings. The van der Waals surface area contributed by atoms with Crippen LogP contribution < -0.4 is 18.9 Å². The third-order valence-electron chi connectivity index (χ3n) is 5.74. The van der Waals surface area contributed by atoms with Crippen molar-refractivity contribution in [2.45, 2.75) is 26.7 Å². The Hall–Kier alpha value is -2.76. The van der Waals surface area contributed by atoms with Crippen molar-refractivity contribution in [1.82, 2.24) is 0 Å². The first-order valence-electron chi connectivity index (χ1n) is 9.31. The molecule has 2 N–H and O–H groups in total. The van der Waals surface area contributed by atoms with Gasteiger partial charge in [0.15, 0.2) is 23.0 Å². The lowest BCUT2D eigenvalue weighted by Crippen LogP contribution is -2.18. The van der Waals surface area contributed by atoms with Crippen LogP contribution in [0.4, 0.5) is 0 Å². The summed E-state index contributed by atoms with van der Waals surface area (Å²) in [6.07, 6.45) is 1.49. The topological polar surface area (TPSA) is 77.4 Å². The van der Waals surface area contributed by atoms with Crippen LogP contribution in [0.3, 0.4) is 0 Å². The van der Waals surface area contributed by atoms with Gasteiger partial charge in [0.05, 0.1) is 28.4 Å². The van der Waals surface area contributed by atoms with Crippen molar-refractivity contribution in [2.24, 2.45) is 11.8 Å². The zero-order chi connectivity index (χ0) is 20.6. The van der Waals surface area contributed by atoms with Crippen molar-refractivity contribution in [3.8, 4) is 45.6 Å². The average molecular weight is 388 g/mol. The van der Waals surface area contributed by atoms with Gasteiger partial charge in [-0.25, -0.2) is 0 Å². The molecule has 0 aromatic heterocycles. The van der Waals surface area contributed by atoms with Crippen LogP contribution >= 0.6 is 0 Å². The van der Waals surface area contributed by atoms with Gasteiger partial charge < -0.3 is 29.2 Å². The van der Waals surface area contributed by atoms with E-state index in [0.717, 1.165) is 23.1 Å². The number of hydrogen-bond donors (Lipinski definition) is 2. The molecular formula is C22H28O6. The Morgan fingerprint density at radius 1 is 0.714 bits per heavy atom. The molecule has 0 unspecified atom stereocenters. The summed E-state index contributed by atoms with van der Waals surface area (Å²) >= 11 is 0. The molecule has 152 valence electrons. The fourth-order valence-corrected chi connectivity index (χ4v) is 4.07. The van der Waals surface area contributed by atoms with Crippen molar-refractivity contribution < 1.29 is 29.2 Å². The Morgan fingerprint density at radius 3 is 1.75 bits per heavy atom. The predicted molar refractivity (Wildman–Crippen MR) is 107 cm³/mol. The summed E-state index contributed by atoms with van der Waals surface area (Å²) in [6, 6.07) is 3.61. The van der Waals surface area contributed by atoms with Gasteiger partial charge in [-0.2, -0.15) is 0 Å². The zero-order valence-corrected chi connectivity index (χ0v) is 17.3. The van der Waals surface area contributed by atoms with E-state index in [9.17, 15) is 10.2 Å². The van der Waals surface area contributed by atoms with Gasteiger partial charge in [0.2, 0.25) is 11.5 Å². The van der Waals surface area contributed by atoms with E-state index in [0.29, 0.717) is 41.1 Å². The van der Waals surface area contributed by atoms with Gasteiger partial charge in [0.1, 0.15) is 0 Å². The molecule has 1 aliphatic rings. The van der Waals surface area contributed by atoms with E-state index in [1.165, 1.54) is 7.11 Å². The highest BCUT2D eigenvalue weighted by atomic mass is 16.5. The predicted octanol–water partition coefficient (Wildman–Crippen LogP) is 4.17. The van der Waals surface area contributed by atoms with E-state index in [1.807, 2.05) is 6.07 Å². The Bertz CT molecular complexity index is 890. The number of phenolic OH excluding ortho intramolecular Hbond substituents is 2. The van der Waals surface area contributed by atoms with Gasteiger partial charge in [0.25, 0.3) is 0 Å². The lowest BCUT2D eigenvalue weighted by Gasteiger charge is -2.29. The van der Waals surface area contributed by atoms with Crippen LogP contribution in [0.25, 0.3) is 11.1 Å². The SMILES string of the molecule is COc1cc2c(c(OC)c1OC)-c1c(cc(O)c(OC)c1O)C[C@@H](C)[C@@H](C)C2. The van der Waals surface area contributed by atoms with Crippen LogP contribution in [0, 0.1) is 11.8 Å². The van der Waals surface area contributed by atoms with Crippen molar-refractivity contribution in [3.05, 3.63) is 23.3 Å². The fourth-order valence-electron chi connectivity index (χ4n) is 4.07. The molecular weight excluding hydrogens is 360 g/mol. The van der Waals surface area contributed by atoms with Crippen molar-refractivity contribution in [2.75, 3.05) is 28.4 Å². The number of benzene rings is 2. The molecule has 2 atom stereocenters. The highest BCUT2D eigenvalue weighted by molar-refractivity contribution is 5.88. The van der Waals surface area contributed by atoms with Crippen LogP contribution in [0.1, 0.15) is 25.0 Å². The van der Waals surface area contributed by atoms with Crippen molar-refractivity contribution in [3.63, 3.8) is 0 Å². The van der Waals surface area contributed by atoms with Crippen LogP contribution in [-0.4, -0.2) is 38.7 Å². The van der Waals surface area contributed by atoms with E-state index >= 15 is 0 Å². The first-order chi connectivity index (χ1) is 13.4. The largest absolute Gasteiger partial charge is 0.504 e. The van der Waals surface area contributed by atoms with Gasteiger partial charge >= 0.3 is 0 Å². The Kier molecular flexibility index (Phi) is 5.49. The zero-order valence-electron chi connectivity index (χ0n) is 17.3. The maximum Gasteiger partial charge on any atom is 0.203 e. The van der Waals surface area contributed by atoms with Gasteiger partial charge in [0, 0.05) is 11.1 Å². The molecule has 0 saturated carbocycles. The Morgan fingerprint density at radius 2 is 1.25 bits per heavy atom. The maximum atomic E-state index is 11.0. The normalized spacial score (nSPS) is 18.4. The lowest BCUT2D eigenvalue weighted by atomic mass is 9.77. The van der Waals surface area contributed by atoms with Gasteiger partial charge in [-0.1, -0.05) is 13.8 Å². The minimum Gasteiger partial charge on any atom is -0.504 e.